The molecule has 0 aliphatic carbocycles. The number of thiazole rings is 1. The highest BCUT2D eigenvalue weighted by Gasteiger charge is 2.10. The van der Waals surface area contributed by atoms with Crippen LogP contribution in [0.15, 0.2) is 90.3 Å². The van der Waals surface area contributed by atoms with Crippen molar-refractivity contribution in [2.75, 3.05) is 11.9 Å². The zero-order valence-electron chi connectivity index (χ0n) is 18.2. The van der Waals surface area contributed by atoms with Crippen LogP contribution in [0.3, 0.4) is 0 Å². The lowest BCUT2D eigenvalue weighted by atomic mass is 10.1. The lowest BCUT2D eigenvalue weighted by Gasteiger charge is -2.07. The van der Waals surface area contributed by atoms with E-state index in [2.05, 4.69) is 10.3 Å². The lowest BCUT2D eigenvalue weighted by molar-refractivity contribution is -0.111. The van der Waals surface area contributed by atoms with Gasteiger partial charge in [-0.1, -0.05) is 54.6 Å². The Hall–Kier alpha value is -3.90. The van der Waals surface area contributed by atoms with E-state index in [-0.39, 0.29) is 5.91 Å². The summed E-state index contributed by atoms with van der Waals surface area (Å²) in [6.07, 6.45) is 3.25. The van der Waals surface area contributed by atoms with Crippen LogP contribution in [0.25, 0.3) is 17.3 Å². The number of carbonyl (C=O) groups is 1. The van der Waals surface area contributed by atoms with Gasteiger partial charge in [0.25, 0.3) is 0 Å². The van der Waals surface area contributed by atoms with Crippen LogP contribution in [0.1, 0.15) is 18.1 Å². The number of anilines is 1. The molecule has 0 spiro atoms. The Balaban J connectivity index is 1.32. The first kappa shape index (κ1) is 22.3. The number of benzene rings is 3. The summed E-state index contributed by atoms with van der Waals surface area (Å²) < 4.78 is 11.5. The summed E-state index contributed by atoms with van der Waals surface area (Å²) in [4.78, 5) is 16.9. The molecule has 166 valence electrons. The smallest absolute Gasteiger partial charge is 0.250 e. The fourth-order valence-electron chi connectivity index (χ4n) is 3.15. The summed E-state index contributed by atoms with van der Waals surface area (Å²) in [5.74, 6) is 1.32. The molecule has 0 saturated heterocycles. The van der Waals surface area contributed by atoms with Crippen LogP contribution >= 0.6 is 11.3 Å². The Bertz CT molecular complexity index is 1220. The highest BCUT2D eigenvalue weighted by molar-refractivity contribution is 7.14. The van der Waals surface area contributed by atoms with Crippen LogP contribution in [0.5, 0.6) is 11.5 Å². The van der Waals surface area contributed by atoms with Gasteiger partial charge in [-0.25, -0.2) is 4.98 Å². The molecule has 5 nitrogen and oxygen atoms in total. The Morgan fingerprint density at radius 1 is 0.970 bits per heavy atom. The molecule has 0 bridgehead atoms. The van der Waals surface area contributed by atoms with Gasteiger partial charge in [0.15, 0.2) is 5.13 Å². The zero-order chi connectivity index (χ0) is 22.9. The van der Waals surface area contributed by atoms with Crippen LogP contribution in [0, 0.1) is 0 Å². The fraction of sp³-hybridized carbons (Fsp3) is 0.111. The zero-order valence-corrected chi connectivity index (χ0v) is 19.0. The molecule has 4 aromatic rings. The minimum absolute atomic E-state index is 0.238. The number of hydrogen-bond acceptors (Lipinski definition) is 5. The Labute approximate surface area is 197 Å². The topological polar surface area (TPSA) is 60.5 Å². The molecule has 0 unspecified atom stereocenters. The van der Waals surface area contributed by atoms with Gasteiger partial charge < -0.3 is 9.47 Å². The molecular formula is C27H24N2O3S. The molecule has 6 heteroatoms. The maximum absolute atomic E-state index is 12.3. The van der Waals surface area contributed by atoms with Gasteiger partial charge in [-0.3, -0.25) is 10.1 Å². The van der Waals surface area contributed by atoms with Crippen molar-refractivity contribution in [1.82, 2.24) is 4.98 Å². The predicted molar refractivity (Wildman–Crippen MR) is 134 cm³/mol. The summed E-state index contributed by atoms with van der Waals surface area (Å²) in [6.45, 7) is 3.04. The summed E-state index contributed by atoms with van der Waals surface area (Å²) in [7, 11) is 0. The van der Waals surface area contributed by atoms with Crippen LogP contribution < -0.4 is 14.8 Å². The van der Waals surface area contributed by atoms with Gasteiger partial charge in [0.1, 0.15) is 18.1 Å². The second-order valence-electron chi connectivity index (χ2n) is 7.13. The maximum atomic E-state index is 12.3. The summed E-state index contributed by atoms with van der Waals surface area (Å²) in [6, 6.07) is 25.4. The molecule has 1 N–H and O–H groups in total. The first-order valence-corrected chi connectivity index (χ1v) is 11.5. The standard InChI is InChI=1S/C27H24N2O3S/c1-2-31-25-11-7-6-10-23(25)24-19-33-27(28-24)29-26(30)17-14-20-12-15-22(16-13-20)32-18-21-8-4-3-5-9-21/h3-17,19H,2,18H2,1H3,(H,28,29,30). The minimum Gasteiger partial charge on any atom is -0.493 e. The number of aromatic nitrogens is 1. The molecule has 33 heavy (non-hydrogen) atoms. The number of amides is 1. The molecule has 1 heterocycles. The average molecular weight is 457 g/mol. The van der Waals surface area contributed by atoms with Crippen molar-refractivity contribution < 1.29 is 14.3 Å². The molecule has 0 aliphatic heterocycles. The monoisotopic (exact) mass is 456 g/mol. The largest absolute Gasteiger partial charge is 0.493 e. The van der Waals surface area contributed by atoms with Crippen LogP contribution in [0.4, 0.5) is 5.13 Å². The van der Waals surface area contributed by atoms with E-state index in [4.69, 9.17) is 9.47 Å². The van der Waals surface area contributed by atoms with Crippen molar-refractivity contribution in [3.63, 3.8) is 0 Å². The molecule has 0 saturated carbocycles. The van der Waals surface area contributed by atoms with E-state index in [0.717, 1.165) is 33.9 Å². The molecule has 0 radical (unpaired) electrons. The Kier molecular flexibility index (Phi) is 7.51. The van der Waals surface area contributed by atoms with Gasteiger partial charge in [-0.2, -0.15) is 0 Å². The Morgan fingerprint density at radius 2 is 1.73 bits per heavy atom. The van der Waals surface area contributed by atoms with Gasteiger partial charge in [-0.15, -0.1) is 11.3 Å². The van der Waals surface area contributed by atoms with Crippen molar-refractivity contribution in [3.05, 3.63) is 101 Å². The van der Waals surface area contributed by atoms with Crippen LogP contribution in [0.2, 0.25) is 0 Å². The SMILES string of the molecule is CCOc1ccccc1-c1csc(NC(=O)C=Cc2ccc(OCc3ccccc3)cc2)n1. The van der Waals surface area contributed by atoms with Gasteiger partial charge in [-0.05, 0) is 48.4 Å². The van der Waals surface area contributed by atoms with E-state index in [1.165, 1.54) is 17.4 Å². The maximum Gasteiger partial charge on any atom is 0.250 e. The van der Waals surface area contributed by atoms with Gasteiger partial charge in [0.05, 0.1) is 12.3 Å². The molecule has 3 aromatic carbocycles. The number of para-hydroxylation sites is 1. The number of nitrogens with one attached hydrogen (secondary N) is 1. The number of carbonyl (C=O) groups excluding carboxylic acids is 1. The Morgan fingerprint density at radius 3 is 2.52 bits per heavy atom. The first-order valence-electron chi connectivity index (χ1n) is 10.6. The summed E-state index contributed by atoms with van der Waals surface area (Å²) >= 11 is 1.38. The third-order valence-electron chi connectivity index (χ3n) is 4.75. The third kappa shape index (κ3) is 6.30. The van der Waals surface area contributed by atoms with Crippen molar-refractivity contribution >= 4 is 28.5 Å². The highest BCUT2D eigenvalue weighted by atomic mass is 32.1. The van der Waals surface area contributed by atoms with Gasteiger partial charge >= 0.3 is 0 Å². The van der Waals surface area contributed by atoms with Crippen LogP contribution in [-0.4, -0.2) is 17.5 Å². The molecule has 1 amide bonds. The van der Waals surface area contributed by atoms with E-state index < -0.39 is 0 Å². The van der Waals surface area contributed by atoms with E-state index in [1.54, 1.807) is 6.08 Å². The summed E-state index contributed by atoms with van der Waals surface area (Å²) in [5, 5.41) is 5.27. The van der Waals surface area contributed by atoms with Crippen molar-refractivity contribution in [1.29, 1.82) is 0 Å². The average Bonchev–Trinajstić information content (AvgIpc) is 3.31. The molecule has 0 fully saturated rings. The van der Waals surface area contributed by atoms with Crippen LogP contribution in [-0.2, 0) is 11.4 Å². The summed E-state index contributed by atoms with van der Waals surface area (Å²) in [5.41, 5.74) is 3.70. The van der Waals surface area contributed by atoms with Crippen molar-refractivity contribution in [2.45, 2.75) is 13.5 Å². The predicted octanol–water partition coefficient (Wildman–Crippen LogP) is 6.44. The lowest BCUT2D eigenvalue weighted by Crippen LogP contribution is -2.07. The molecule has 1 aromatic heterocycles. The van der Waals surface area contributed by atoms with Gasteiger partial charge in [0, 0.05) is 17.0 Å². The number of ether oxygens (including phenoxy) is 2. The van der Waals surface area contributed by atoms with Crippen molar-refractivity contribution in [3.8, 4) is 22.8 Å². The molecule has 0 atom stereocenters. The fourth-order valence-corrected chi connectivity index (χ4v) is 3.86. The third-order valence-corrected chi connectivity index (χ3v) is 5.51. The minimum atomic E-state index is -0.238. The van der Waals surface area contributed by atoms with E-state index in [1.807, 2.05) is 91.2 Å². The second-order valence-corrected chi connectivity index (χ2v) is 7.99. The van der Waals surface area contributed by atoms with E-state index >= 15 is 0 Å². The number of nitrogens with zero attached hydrogens (tertiary/aromatic N) is 1. The quantitative estimate of drug-likeness (QED) is 0.295. The van der Waals surface area contributed by atoms with Crippen molar-refractivity contribution in [2.24, 2.45) is 0 Å². The number of rotatable bonds is 9. The molecule has 4 rings (SSSR count). The normalized spacial score (nSPS) is 10.8. The van der Waals surface area contributed by atoms with E-state index in [0.29, 0.717) is 18.3 Å². The number of hydrogen-bond donors (Lipinski definition) is 1. The van der Waals surface area contributed by atoms with Gasteiger partial charge in [0.2, 0.25) is 5.91 Å². The van der Waals surface area contributed by atoms with E-state index in [9.17, 15) is 4.79 Å². The molecular weight excluding hydrogens is 432 g/mol. The first-order chi connectivity index (χ1) is 16.2. The molecule has 0 aliphatic rings. The second kappa shape index (κ2) is 11.1. The highest BCUT2D eigenvalue weighted by Crippen LogP contribution is 2.32.